The summed E-state index contributed by atoms with van der Waals surface area (Å²) in [5, 5.41) is 9.98. The van der Waals surface area contributed by atoms with Crippen LogP contribution in [0.25, 0.3) is 0 Å². The molecule has 0 spiro atoms. The Labute approximate surface area is 179 Å². The van der Waals surface area contributed by atoms with Crippen molar-refractivity contribution in [2.24, 2.45) is 4.99 Å². The van der Waals surface area contributed by atoms with Crippen LogP contribution in [0.2, 0.25) is 0 Å². The maximum atomic E-state index is 5.25. The van der Waals surface area contributed by atoms with Crippen molar-refractivity contribution in [2.75, 3.05) is 32.1 Å². The maximum Gasteiger partial charge on any atom is 0.191 e. The van der Waals surface area contributed by atoms with Crippen molar-refractivity contribution < 1.29 is 4.74 Å². The van der Waals surface area contributed by atoms with Gasteiger partial charge in [-0.3, -0.25) is 0 Å². The number of aromatic nitrogens is 1. The van der Waals surface area contributed by atoms with Gasteiger partial charge < -0.3 is 20.7 Å². The standard InChI is InChI=1S/C20H29N5O.HI/c1-3-21-20(25-16-17-9-8-10-18(15-17)26-2)24-14-7-6-13-23-19-11-4-5-12-22-19;/h4-5,8-12,15H,3,6-7,13-14,16H2,1-2H3,(H,22,23)(H2,21,24,25);1H. The van der Waals surface area contributed by atoms with E-state index in [0.717, 1.165) is 55.6 Å². The molecule has 27 heavy (non-hydrogen) atoms. The first-order valence-electron chi connectivity index (χ1n) is 9.12. The molecular weight excluding hydrogens is 453 g/mol. The summed E-state index contributed by atoms with van der Waals surface area (Å²) in [6, 6.07) is 13.9. The molecule has 0 unspecified atom stereocenters. The Bertz CT molecular complexity index is 666. The molecule has 1 aromatic carbocycles. The average molecular weight is 483 g/mol. The quantitative estimate of drug-likeness (QED) is 0.208. The third kappa shape index (κ3) is 9.46. The van der Waals surface area contributed by atoms with Crippen molar-refractivity contribution in [3.63, 3.8) is 0 Å². The summed E-state index contributed by atoms with van der Waals surface area (Å²) < 4.78 is 5.25. The number of rotatable bonds is 10. The first-order chi connectivity index (χ1) is 12.8. The van der Waals surface area contributed by atoms with Gasteiger partial charge in [0.05, 0.1) is 13.7 Å². The molecule has 0 aliphatic carbocycles. The molecule has 0 saturated carbocycles. The van der Waals surface area contributed by atoms with Crippen LogP contribution in [-0.2, 0) is 6.54 Å². The fourth-order valence-electron chi connectivity index (χ4n) is 2.42. The highest BCUT2D eigenvalue weighted by Gasteiger charge is 1.99. The van der Waals surface area contributed by atoms with Crippen molar-refractivity contribution >= 4 is 35.8 Å². The molecule has 7 heteroatoms. The van der Waals surface area contributed by atoms with Crippen molar-refractivity contribution in [1.29, 1.82) is 0 Å². The zero-order valence-corrected chi connectivity index (χ0v) is 18.4. The Hall–Kier alpha value is -2.03. The van der Waals surface area contributed by atoms with E-state index in [1.807, 2.05) is 36.4 Å². The van der Waals surface area contributed by atoms with E-state index in [0.29, 0.717) is 6.54 Å². The minimum atomic E-state index is 0. The van der Waals surface area contributed by atoms with Gasteiger partial charge in [0, 0.05) is 25.8 Å². The van der Waals surface area contributed by atoms with Crippen LogP contribution in [0.5, 0.6) is 5.75 Å². The van der Waals surface area contributed by atoms with Gasteiger partial charge >= 0.3 is 0 Å². The van der Waals surface area contributed by atoms with Crippen LogP contribution < -0.4 is 20.7 Å². The number of nitrogens with zero attached hydrogens (tertiary/aromatic N) is 2. The zero-order chi connectivity index (χ0) is 18.5. The molecule has 0 saturated heterocycles. The lowest BCUT2D eigenvalue weighted by atomic mass is 10.2. The van der Waals surface area contributed by atoms with E-state index in [2.05, 4.69) is 38.9 Å². The van der Waals surface area contributed by atoms with Gasteiger partial charge in [-0.15, -0.1) is 24.0 Å². The molecule has 0 aliphatic heterocycles. The SMILES string of the molecule is CCNC(=NCc1cccc(OC)c1)NCCCCNc1ccccn1.I. The van der Waals surface area contributed by atoms with Crippen LogP contribution in [0.3, 0.4) is 0 Å². The summed E-state index contributed by atoms with van der Waals surface area (Å²) in [6.07, 6.45) is 3.92. The lowest BCUT2D eigenvalue weighted by Gasteiger charge is -2.12. The topological polar surface area (TPSA) is 70.6 Å². The molecule has 0 bridgehead atoms. The van der Waals surface area contributed by atoms with Gasteiger partial charge in [-0.1, -0.05) is 18.2 Å². The number of methoxy groups -OCH3 is 1. The number of hydrogen-bond acceptors (Lipinski definition) is 4. The molecule has 1 aromatic heterocycles. The van der Waals surface area contributed by atoms with E-state index >= 15 is 0 Å². The second kappa shape index (κ2) is 14.1. The fraction of sp³-hybridized carbons (Fsp3) is 0.400. The predicted molar refractivity (Wildman–Crippen MR) is 123 cm³/mol. The maximum absolute atomic E-state index is 5.25. The van der Waals surface area contributed by atoms with E-state index in [1.165, 1.54) is 0 Å². The number of pyridine rings is 1. The van der Waals surface area contributed by atoms with E-state index in [1.54, 1.807) is 13.3 Å². The van der Waals surface area contributed by atoms with E-state index in [9.17, 15) is 0 Å². The summed E-state index contributed by atoms with van der Waals surface area (Å²) in [6.45, 7) is 5.32. The number of aliphatic imine (C=N–C) groups is 1. The zero-order valence-electron chi connectivity index (χ0n) is 16.1. The third-order valence-corrected chi connectivity index (χ3v) is 3.77. The Morgan fingerprint density at radius 2 is 1.93 bits per heavy atom. The van der Waals surface area contributed by atoms with Gasteiger partial charge in [0.2, 0.25) is 0 Å². The molecule has 0 aliphatic rings. The smallest absolute Gasteiger partial charge is 0.191 e. The van der Waals surface area contributed by atoms with E-state index < -0.39 is 0 Å². The van der Waals surface area contributed by atoms with Crippen LogP contribution in [0.15, 0.2) is 53.7 Å². The highest BCUT2D eigenvalue weighted by molar-refractivity contribution is 14.0. The van der Waals surface area contributed by atoms with E-state index in [-0.39, 0.29) is 24.0 Å². The van der Waals surface area contributed by atoms with Crippen molar-refractivity contribution in [3.05, 3.63) is 54.2 Å². The monoisotopic (exact) mass is 483 g/mol. The summed E-state index contributed by atoms with van der Waals surface area (Å²) >= 11 is 0. The van der Waals surface area contributed by atoms with Gasteiger partial charge in [-0.2, -0.15) is 0 Å². The Morgan fingerprint density at radius 1 is 1.07 bits per heavy atom. The van der Waals surface area contributed by atoms with Crippen molar-refractivity contribution in [1.82, 2.24) is 15.6 Å². The van der Waals surface area contributed by atoms with Crippen LogP contribution in [0.4, 0.5) is 5.82 Å². The number of hydrogen-bond donors (Lipinski definition) is 3. The number of halogens is 1. The molecule has 6 nitrogen and oxygen atoms in total. The van der Waals surface area contributed by atoms with E-state index in [4.69, 9.17) is 4.74 Å². The minimum absolute atomic E-state index is 0. The second-order valence-corrected chi connectivity index (χ2v) is 5.82. The molecular formula is C20H30IN5O. The Morgan fingerprint density at radius 3 is 2.67 bits per heavy atom. The van der Waals surface area contributed by atoms with Crippen LogP contribution in [0, 0.1) is 0 Å². The van der Waals surface area contributed by atoms with Crippen LogP contribution >= 0.6 is 24.0 Å². The summed E-state index contributed by atoms with van der Waals surface area (Å²) in [5.74, 6) is 2.62. The normalized spacial score (nSPS) is 10.7. The molecule has 0 amide bonds. The third-order valence-electron chi connectivity index (χ3n) is 3.77. The Balaban J connectivity index is 0.00000364. The number of unbranched alkanes of at least 4 members (excludes halogenated alkanes) is 1. The molecule has 0 radical (unpaired) electrons. The number of nitrogens with one attached hydrogen (secondary N) is 3. The van der Waals surface area contributed by atoms with Crippen LogP contribution in [0.1, 0.15) is 25.3 Å². The minimum Gasteiger partial charge on any atom is -0.497 e. The Kier molecular flexibility index (Phi) is 12.0. The van der Waals surface area contributed by atoms with Gasteiger partial charge in [0.25, 0.3) is 0 Å². The van der Waals surface area contributed by atoms with Gasteiger partial charge in [0.1, 0.15) is 11.6 Å². The number of anilines is 1. The first kappa shape index (κ1) is 23.0. The highest BCUT2D eigenvalue weighted by Crippen LogP contribution is 2.13. The molecule has 2 aromatic rings. The first-order valence-corrected chi connectivity index (χ1v) is 9.12. The van der Waals surface area contributed by atoms with Crippen molar-refractivity contribution in [3.8, 4) is 5.75 Å². The summed E-state index contributed by atoms with van der Waals surface area (Å²) in [5.41, 5.74) is 1.13. The molecule has 2 rings (SSSR count). The van der Waals surface area contributed by atoms with Gasteiger partial charge in [-0.05, 0) is 49.6 Å². The van der Waals surface area contributed by atoms with Crippen molar-refractivity contribution in [2.45, 2.75) is 26.3 Å². The molecule has 1 heterocycles. The van der Waals surface area contributed by atoms with Crippen LogP contribution in [-0.4, -0.2) is 37.7 Å². The molecule has 3 N–H and O–H groups in total. The summed E-state index contributed by atoms with van der Waals surface area (Å²) in [7, 11) is 1.68. The largest absolute Gasteiger partial charge is 0.497 e. The van der Waals surface area contributed by atoms with Gasteiger partial charge in [-0.25, -0.2) is 9.98 Å². The molecule has 0 fully saturated rings. The average Bonchev–Trinajstić information content (AvgIpc) is 2.69. The summed E-state index contributed by atoms with van der Waals surface area (Å²) in [4.78, 5) is 8.89. The highest BCUT2D eigenvalue weighted by atomic mass is 127. The number of ether oxygens (including phenoxy) is 1. The number of guanidine groups is 1. The lowest BCUT2D eigenvalue weighted by molar-refractivity contribution is 0.414. The fourth-order valence-corrected chi connectivity index (χ4v) is 2.42. The molecule has 0 atom stereocenters. The number of benzene rings is 1. The molecule has 148 valence electrons. The predicted octanol–water partition coefficient (Wildman–Crippen LogP) is 3.66. The van der Waals surface area contributed by atoms with Gasteiger partial charge in [0.15, 0.2) is 5.96 Å². The second-order valence-electron chi connectivity index (χ2n) is 5.82. The lowest BCUT2D eigenvalue weighted by Crippen LogP contribution is -2.37.